The highest BCUT2D eigenvalue weighted by atomic mass is 35.5. The van der Waals surface area contributed by atoms with Crippen molar-refractivity contribution in [3.63, 3.8) is 0 Å². The molecule has 1 aliphatic heterocycles. The molecule has 0 atom stereocenters. The minimum absolute atomic E-state index is 0.334. The van der Waals surface area contributed by atoms with Gasteiger partial charge in [-0.15, -0.1) is 10.2 Å². The molecule has 0 aliphatic carbocycles. The van der Waals surface area contributed by atoms with E-state index in [4.69, 9.17) is 11.6 Å². The number of hydrogen-bond donors (Lipinski definition) is 0. The van der Waals surface area contributed by atoms with E-state index in [1.54, 1.807) is 6.33 Å². The maximum absolute atomic E-state index is 11.1. The monoisotopic (exact) mass is 219 g/mol. The molecule has 6 heteroatoms. The Hall–Kier alpha value is -0.420. The topological polar surface area (TPSA) is 47.8 Å². The van der Waals surface area contributed by atoms with Gasteiger partial charge in [-0.05, 0) is 24.4 Å². The molecule has 1 aliphatic rings. The minimum Gasteiger partial charge on any atom is -0.301 e. The van der Waals surface area contributed by atoms with Crippen molar-refractivity contribution in [1.82, 2.24) is 14.8 Å². The van der Waals surface area contributed by atoms with E-state index in [2.05, 4.69) is 10.2 Å². The van der Waals surface area contributed by atoms with Crippen LogP contribution in [0.25, 0.3) is 0 Å². The van der Waals surface area contributed by atoms with Crippen LogP contribution in [-0.2, 0) is 10.8 Å². The molecule has 0 N–H and O–H groups in total. The molecule has 13 heavy (non-hydrogen) atoms. The second-order valence-corrected chi connectivity index (χ2v) is 5.12. The van der Waals surface area contributed by atoms with E-state index in [9.17, 15) is 4.21 Å². The molecule has 2 rings (SSSR count). The number of rotatable bonds is 1. The van der Waals surface area contributed by atoms with Crippen LogP contribution in [0.1, 0.15) is 18.9 Å². The Morgan fingerprint density at radius 1 is 1.54 bits per heavy atom. The lowest BCUT2D eigenvalue weighted by atomic mass is 10.1. The molecule has 0 spiro atoms. The lowest BCUT2D eigenvalue weighted by molar-refractivity contribution is 0.461. The van der Waals surface area contributed by atoms with Gasteiger partial charge in [0.1, 0.15) is 6.33 Å². The van der Waals surface area contributed by atoms with Crippen molar-refractivity contribution in [2.24, 2.45) is 0 Å². The van der Waals surface area contributed by atoms with Crippen LogP contribution in [0.15, 0.2) is 6.33 Å². The third kappa shape index (κ3) is 1.91. The van der Waals surface area contributed by atoms with Gasteiger partial charge in [0, 0.05) is 28.3 Å². The fourth-order valence-electron chi connectivity index (χ4n) is 1.53. The Kier molecular flexibility index (Phi) is 2.64. The van der Waals surface area contributed by atoms with Crippen molar-refractivity contribution in [2.75, 3.05) is 11.5 Å². The van der Waals surface area contributed by atoms with Crippen LogP contribution in [-0.4, -0.2) is 30.5 Å². The van der Waals surface area contributed by atoms with E-state index >= 15 is 0 Å². The summed E-state index contributed by atoms with van der Waals surface area (Å²) in [5.41, 5.74) is 0. The molecule has 0 unspecified atom stereocenters. The van der Waals surface area contributed by atoms with Crippen LogP contribution in [0.2, 0.25) is 5.28 Å². The van der Waals surface area contributed by atoms with E-state index in [-0.39, 0.29) is 0 Å². The number of aromatic nitrogens is 3. The fraction of sp³-hybridized carbons (Fsp3) is 0.714. The van der Waals surface area contributed by atoms with Crippen molar-refractivity contribution in [2.45, 2.75) is 18.9 Å². The average molecular weight is 220 g/mol. The molecular weight excluding hydrogens is 210 g/mol. The normalized spacial score (nSPS) is 29.0. The zero-order valence-corrected chi connectivity index (χ0v) is 8.59. The van der Waals surface area contributed by atoms with Crippen molar-refractivity contribution >= 4 is 22.4 Å². The predicted molar refractivity (Wildman–Crippen MR) is 51.2 cm³/mol. The van der Waals surface area contributed by atoms with Crippen molar-refractivity contribution in [3.8, 4) is 0 Å². The summed E-state index contributed by atoms with van der Waals surface area (Å²) in [7, 11) is -0.626. The Labute approximate surface area is 83.8 Å². The molecular formula is C7H10ClN3OS. The zero-order chi connectivity index (χ0) is 9.26. The number of hydrogen-bond acceptors (Lipinski definition) is 3. The van der Waals surface area contributed by atoms with Gasteiger partial charge >= 0.3 is 0 Å². The number of nitrogens with zero attached hydrogens (tertiary/aromatic N) is 3. The Morgan fingerprint density at radius 2 is 2.23 bits per heavy atom. The first-order valence-electron chi connectivity index (χ1n) is 4.17. The summed E-state index contributed by atoms with van der Waals surface area (Å²) < 4.78 is 13.0. The third-order valence-corrected chi connectivity index (χ3v) is 3.93. The van der Waals surface area contributed by atoms with Gasteiger partial charge < -0.3 is 4.57 Å². The summed E-state index contributed by atoms with van der Waals surface area (Å²) in [6, 6.07) is 0.334. The SMILES string of the molecule is O=S1CCC(n2cnnc2Cl)CC1. The van der Waals surface area contributed by atoms with Gasteiger partial charge in [0.05, 0.1) is 0 Å². The Balaban J connectivity index is 2.10. The largest absolute Gasteiger partial charge is 0.301 e. The Morgan fingerprint density at radius 3 is 2.77 bits per heavy atom. The molecule has 1 aromatic rings. The van der Waals surface area contributed by atoms with Gasteiger partial charge in [0.15, 0.2) is 0 Å². The van der Waals surface area contributed by atoms with Gasteiger partial charge in [-0.25, -0.2) is 0 Å². The summed E-state index contributed by atoms with van der Waals surface area (Å²) in [5, 5.41) is 7.86. The maximum atomic E-state index is 11.1. The molecule has 0 radical (unpaired) electrons. The standard InChI is InChI=1S/C7H10ClN3OS/c8-7-10-9-5-11(7)6-1-3-13(12)4-2-6/h5-6H,1-4H2. The first-order valence-corrected chi connectivity index (χ1v) is 6.04. The van der Waals surface area contributed by atoms with Gasteiger partial charge in [0.25, 0.3) is 0 Å². The van der Waals surface area contributed by atoms with E-state index in [1.165, 1.54) is 0 Å². The van der Waals surface area contributed by atoms with Crippen molar-refractivity contribution in [1.29, 1.82) is 0 Å². The van der Waals surface area contributed by atoms with E-state index in [0.29, 0.717) is 11.3 Å². The van der Waals surface area contributed by atoms with E-state index in [1.807, 2.05) is 4.57 Å². The van der Waals surface area contributed by atoms with Crippen LogP contribution >= 0.6 is 11.6 Å². The highest BCUT2D eigenvalue weighted by Crippen LogP contribution is 2.24. The van der Waals surface area contributed by atoms with Crippen LogP contribution in [0.5, 0.6) is 0 Å². The summed E-state index contributed by atoms with van der Waals surface area (Å²) in [4.78, 5) is 0. The second-order valence-electron chi connectivity index (χ2n) is 3.09. The summed E-state index contributed by atoms with van der Waals surface area (Å²) in [6.45, 7) is 0. The zero-order valence-electron chi connectivity index (χ0n) is 7.02. The summed E-state index contributed by atoms with van der Waals surface area (Å²) in [6.07, 6.45) is 3.45. The highest BCUT2D eigenvalue weighted by molar-refractivity contribution is 7.85. The van der Waals surface area contributed by atoms with Gasteiger partial charge in [-0.2, -0.15) is 0 Å². The quantitative estimate of drug-likeness (QED) is 0.709. The van der Waals surface area contributed by atoms with Crippen LogP contribution in [0.3, 0.4) is 0 Å². The summed E-state index contributed by atoms with van der Waals surface area (Å²) >= 11 is 5.82. The summed E-state index contributed by atoms with van der Waals surface area (Å²) in [5.74, 6) is 1.53. The minimum atomic E-state index is -0.626. The molecule has 0 bridgehead atoms. The van der Waals surface area contributed by atoms with Crippen LogP contribution < -0.4 is 0 Å². The highest BCUT2D eigenvalue weighted by Gasteiger charge is 2.20. The van der Waals surface area contributed by atoms with Crippen LogP contribution in [0.4, 0.5) is 0 Å². The first kappa shape index (κ1) is 9.15. The van der Waals surface area contributed by atoms with Gasteiger partial charge in [0.2, 0.25) is 5.28 Å². The van der Waals surface area contributed by atoms with E-state index in [0.717, 1.165) is 24.3 Å². The van der Waals surface area contributed by atoms with Crippen molar-refractivity contribution < 1.29 is 4.21 Å². The van der Waals surface area contributed by atoms with Gasteiger partial charge in [-0.3, -0.25) is 4.21 Å². The molecule has 0 saturated carbocycles. The average Bonchev–Trinajstić information content (AvgIpc) is 2.53. The lowest BCUT2D eigenvalue weighted by Gasteiger charge is -2.22. The molecule has 72 valence electrons. The molecule has 1 saturated heterocycles. The first-order chi connectivity index (χ1) is 6.27. The number of halogens is 1. The molecule has 0 aromatic carbocycles. The second kappa shape index (κ2) is 3.75. The molecule has 1 aromatic heterocycles. The lowest BCUT2D eigenvalue weighted by Crippen LogP contribution is -2.21. The smallest absolute Gasteiger partial charge is 0.225 e. The molecule has 2 heterocycles. The molecule has 0 amide bonds. The predicted octanol–water partition coefficient (Wildman–Crippen LogP) is 1.02. The maximum Gasteiger partial charge on any atom is 0.225 e. The van der Waals surface area contributed by atoms with Crippen LogP contribution in [0, 0.1) is 0 Å². The van der Waals surface area contributed by atoms with Crippen molar-refractivity contribution in [3.05, 3.63) is 11.6 Å². The molecule has 4 nitrogen and oxygen atoms in total. The van der Waals surface area contributed by atoms with Gasteiger partial charge in [-0.1, -0.05) is 0 Å². The Bertz CT molecular complexity index is 317. The third-order valence-electron chi connectivity index (χ3n) is 2.28. The molecule has 1 fully saturated rings. The fourth-order valence-corrected chi connectivity index (χ4v) is 3.03. The van der Waals surface area contributed by atoms with E-state index < -0.39 is 10.8 Å².